The van der Waals surface area contributed by atoms with Gasteiger partial charge < -0.3 is 10.4 Å². The Kier molecular flexibility index (Phi) is 6.73. The normalized spacial score (nSPS) is 7.17. The molecular weight excluding hydrogens is 154 g/mol. The van der Waals surface area contributed by atoms with Gasteiger partial charge in [0.2, 0.25) is 5.91 Å². The minimum absolute atomic E-state index is 0.0283. The monoisotopic (exact) mass is 165 g/mol. The van der Waals surface area contributed by atoms with Gasteiger partial charge in [-0.2, -0.15) is 0 Å². The highest BCUT2D eigenvalue weighted by Crippen LogP contribution is 1.71. The Hall–Kier alpha value is -1.45. The van der Waals surface area contributed by atoms with Crippen LogP contribution >= 0.6 is 0 Å². The third kappa shape index (κ3) is 6.67. The van der Waals surface area contributed by atoms with E-state index < -0.39 is 0 Å². The van der Waals surface area contributed by atoms with E-state index in [-0.39, 0.29) is 12.5 Å². The SMILES string of the molecule is CCC(=O)NCC#CC#CCO. The smallest absolute Gasteiger partial charge is 0.220 e. The molecule has 0 aromatic rings. The average Bonchev–Trinajstić information content (AvgIpc) is 2.10. The second-order valence-corrected chi connectivity index (χ2v) is 1.89. The second kappa shape index (κ2) is 7.65. The lowest BCUT2D eigenvalue weighted by Crippen LogP contribution is -2.22. The van der Waals surface area contributed by atoms with Crippen LogP contribution in [0.15, 0.2) is 0 Å². The molecule has 3 nitrogen and oxygen atoms in total. The average molecular weight is 165 g/mol. The molecule has 0 radical (unpaired) electrons. The zero-order chi connectivity index (χ0) is 9.23. The predicted octanol–water partition coefficient (Wildman–Crippen LogP) is -0.488. The molecule has 2 N–H and O–H groups in total. The second-order valence-electron chi connectivity index (χ2n) is 1.89. The number of amides is 1. The van der Waals surface area contributed by atoms with Crippen molar-refractivity contribution in [1.82, 2.24) is 5.32 Å². The van der Waals surface area contributed by atoms with Crippen molar-refractivity contribution in [1.29, 1.82) is 0 Å². The Morgan fingerprint density at radius 3 is 2.67 bits per heavy atom. The van der Waals surface area contributed by atoms with E-state index in [0.717, 1.165) is 0 Å². The van der Waals surface area contributed by atoms with Gasteiger partial charge in [-0.05, 0) is 11.8 Å². The topological polar surface area (TPSA) is 49.3 Å². The highest BCUT2D eigenvalue weighted by atomic mass is 16.2. The van der Waals surface area contributed by atoms with Gasteiger partial charge in [0, 0.05) is 6.42 Å². The van der Waals surface area contributed by atoms with Crippen LogP contribution in [0.1, 0.15) is 13.3 Å². The molecule has 1 amide bonds. The molecular formula is C9H11NO2. The fourth-order valence-electron chi connectivity index (χ4n) is 0.440. The summed E-state index contributed by atoms with van der Waals surface area (Å²) in [6.07, 6.45) is 0.462. The van der Waals surface area contributed by atoms with Gasteiger partial charge in [-0.3, -0.25) is 4.79 Å². The van der Waals surface area contributed by atoms with Crippen LogP contribution in [-0.2, 0) is 4.79 Å². The molecule has 0 aliphatic rings. The number of hydrogen-bond donors (Lipinski definition) is 2. The van der Waals surface area contributed by atoms with Crippen LogP contribution in [0.5, 0.6) is 0 Å². The van der Waals surface area contributed by atoms with Crippen LogP contribution in [0.4, 0.5) is 0 Å². The zero-order valence-corrected chi connectivity index (χ0v) is 6.98. The van der Waals surface area contributed by atoms with Gasteiger partial charge in [-0.1, -0.05) is 18.8 Å². The van der Waals surface area contributed by atoms with Crippen molar-refractivity contribution in [3.05, 3.63) is 0 Å². The fourth-order valence-corrected chi connectivity index (χ4v) is 0.440. The van der Waals surface area contributed by atoms with Crippen LogP contribution in [0.25, 0.3) is 0 Å². The van der Waals surface area contributed by atoms with Crippen LogP contribution < -0.4 is 5.32 Å². The molecule has 0 unspecified atom stereocenters. The summed E-state index contributed by atoms with van der Waals surface area (Å²) >= 11 is 0. The first-order valence-electron chi connectivity index (χ1n) is 3.64. The molecule has 0 heterocycles. The number of aliphatic hydroxyl groups excluding tert-OH is 1. The van der Waals surface area contributed by atoms with E-state index in [2.05, 4.69) is 29.0 Å². The Bertz CT molecular complexity index is 249. The summed E-state index contributed by atoms with van der Waals surface area (Å²) in [6, 6.07) is 0. The van der Waals surface area contributed by atoms with Crippen molar-refractivity contribution in [2.45, 2.75) is 13.3 Å². The molecule has 0 aliphatic heterocycles. The molecule has 12 heavy (non-hydrogen) atoms. The minimum atomic E-state index is -0.185. The van der Waals surface area contributed by atoms with E-state index in [9.17, 15) is 4.79 Å². The van der Waals surface area contributed by atoms with Crippen LogP contribution in [0, 0.1) is 23.7 Å². The summed E-state index contributed by atoms with van der Waals surface area (Å²) in [5, 5.41) is 10.8. The van der Waals surface area contributed by atoms with Gasteiger partial charge >= 0.3 is 0 Å². The van der Waals surface area contributed by atoms with Crippen LogP contribution in [-0.4, -0.2) is 24.2 Å². The van der Waals surface area contributed by atoms with E-state index in [0.29, 0.717) is 13.0 Å². The number of carbonyl (C=O) groups is 1. The number of hydrogen-bond acceptors (Lipinski definition) is 2. The van der Waals surface area contributed by atoms with E-state index in [1.165, 1.54) is 0 Å². The third-order valence-corrected chi connectivity index (χ3v) is 1.01. The van der Waals surface area contributed by atoms with E-state index in [1.54, 1.807) is 6.92 Å². The number of carbonyl (C=O) groups excluding carboxylic acids is 1. The fraction of sp³-hybridized carbons (Fsp3) is 0.444. The van der Waals surface area contributed by atoms with E-state index in [4.69, 9.17) is 5.11 Å². The van der Waals surface area contributed by atoms with Crippen molar-refractivity contribution in [3.63, 3.8) is 0 Å². The quantitative estimate of drug-likeness (QED) is 0.542. The maximum atomic E-state index is 10.6. The number of nitrogens with one attached hydrogen (secondary N) is 1. The molecule has 0 aliphatic carbocycles. The Morgan fingerprint density at radius 1 is 1.42 bits per heavy atom. The van der Waals surface area contributed by atoms with Gasteiger partial charge in [0.1, 0.15) is 6.61 Å². The number of aliphatic hydroxyl groups is 1. The standard InChI is InChI=1S/C9H11NO2/c1-2-9(12)10-7-5-3-4-6-8-11/h11H,2,7-8H2,1H3,(H,10,12). The predicted molar refractivity (Wildman–Crippen MR) is 45.9 cm³/mol. The summed E-state index contributed by atoms with van der Waals surface area (Å²) in [5.41, 5.74) is 0. The first-order valence-corrected chi connectivity index (χ1v) is 3.64. The summed E-state index contributed by atoms with van der Waals surface area (Å²) in [6.45, 7) is 1.90. The maximum absolute atomic E-state index is 10.6. The first kappa shape index (κ1) is 10.6. The zero-order valence-electron chi connectivity index (χ0n) is 6.98. The summed E-state index contributed by atoms with van der Waals surface area (Å²) in [5.74, 6) is 9.85. The first-order chi connectivity index (χ1) is 5.81. The Balaban J connectivity index is 3.52. The van der Waals surface area contributed by atoms with Crippen molar-refractivity contribution in [2.75, 3.05) is 13.2 Å². The van der Waals surface area contributed by atoms with Crippen molar-refractivity contribution >= 4 is 5.91 Å². The summed E-state index contributed by atoms with van der Waals surface area (Å²) < 4.78 is 0. The maximum Gasteiger partial charge on any atom is 0.220 e. The lowest BCUT2D eigenvalue weighted by Gasteiger charge is -1.93. The van der Waals surface area contributed by atoms with Crippen molar-refractivity contribution in [3.8, 4) is 23.7 Å². The lowest BCUT2D eigenvalue weighted by molar-refractivity contribution is -0.120. The molecule has 64 valence electrons. The largest absolute Gasteiger partial charge is 0.384 e. The minimum Gasteiger partial charge on any atom is -0.384 e. The van der Waals surface area contributed by atoms with Crippen molar-refractivity contribution in [2.24, 2.45) is 0 Å². The Labute approximate surface area is 72.2 Å². The van der Waals surface area contributed by atoms with Crippen molar-refractivity contribution < 1.29 is 9.90 Å². The highest BCUT2D eigenvalue weighted by molar-refractivity contribution is 5.75. The van der Waals surface area contributed by atoms with Gasteiger partial charge in [-0.25, -0.2) is 0 Å². The van der Waals surface area contributed by atoms with Gasteiger partial charge in [0.25, 0.3) is 0 Å². The van der Waals surface area contributed by atoms with E-state index in [1.807, 2.05) is 0 Å². The molecule has 0 aromatic carbocycles. The molecule has 0 fully saturated rings. The van der Waals surface area contributed by atoms with Gasteiger partial charge in [-0.15, -0.1) is 0 Å². The summed E-state index contributed by atoms with van der Waals surface area (Å²) in [7, 11) is 0. The molecule has 0 saturated carbocycles. The molecule has 0 spiro atoms. The molecule has 0 rings (SSSR count). The number of rotatable bonds is 2. The summed E-state index contributed by atoms with van der Waals surface area (Å²) in [4.78, 5) is 10.6. The van der Waals surface area contributed by atoms with Gasteiger partial charge in [0.15, 0.2) is 0 Å². The molecule has 0 aromatic heterocycles. The molecule has 0 atom stereocenters. The van der Waals surface area contributed by atoms with E-state index >= 15 is 0 Å². The molecule has 3 heteroatoms. The highest BCUT2D eigenvalue weighted by Gasteiger charge is 1.90. The van der Waals surface area contributed by atoms with Crippen LogP contribution in [0.2, 0.25) is 0 Å². The van der Waals surface area contributed by atoms with Crippen LogP contribution in [0.3, 0.4) is 0 Å². The van der Waals surface area contributed by atoms with Gasteiger partial charge in [0.05, 0.1) is 6.54 Å². The third-order valence-electron chi connectivity index (χ3n) is 1.01. The molecule has 0 bridgehead atoms. The Morgan fingerprint density at radius 2 is 2.08 bits per heavy atom. The lowest BCUT2D eigenvalue weighted by atomic mass is 10.4. The molecule has 0 saturated heterocycles.